The van der Waals surface area contributed by atoms with E-state index in [0.29, 0.717) is 17.3 Å². The number of pyridine rings is 1. The van der Waals surface area contributed by atoms with Crippen LogP contribution in [0.2, 0.25) is 0 Å². The van der Waals surface area contributed by atoms with Gasteiger partial charge < -0.3 is 15.5 Å². The van der Waals surface area contributed by atoms with Gasteiger partial charge in [-0.25, -0.2) is 0 Å². The van der Waals surface area contributed by atoms with Gasteiger partial charge >= 0.3 is 0 Å². The summed E-state index contributed by atoms with van der Waals surface area (Å²) >= 11 is 0. The fraction of sp³-hybridized carbons (Fsp3) is 0.538. The maximum atomic E-state index is 12.2. The van der Waals surface area contributed by atoms with Gasteiger partial charge in [0.25, 0.3) is 5.91 Å². The maximum Gasteiger partial charge on any atom is 0.270 e. The SMILES string of the molecule is NNc1ccnc(C(=O)NC2CCOC2C2CC2)c1. The largest absolute Gasteiger partial charge is 0.376 e. The van der Waals surface area contributed by atoms with Crippen LogP contribution in [0, 0.1) is 5.92 Å². The van der Waals surface area contributed by atoms with E-state index >= 15 is 0 Å². The first kappa shape index (κ1) is 12.4. The van der Waals surface area contributed by atoms with Gasteiger partial charge in [-0.15, -0.1) is 0 Å². The number of nitrogens with zero attached hydrogens (tertiary/aromatic N) is 1. The summed E-state index contributed by atoms with van der Waals surface area (Å²) in [5.74, 6) is 5.78. The van der Waals surface area contributed by atoms with E-state index in [4.69, 9.17) is 10.6 Å². The van der Waals surface area contributed by atoms with Crippen LogP contribution >= 0.6 is 0 Å². The van der Waals surface area contributed by atoms with Crippen molar-refractivity contribution in [3.63, 3.8) is 0 Å². The van der Waals surface area contributed by atoms with Gasteiger partial charge in [-0.2, -0.15) is 0 Å². The minimum atomic E-state index is -0.168. The molecule has 4 N–H and O–H groups in total. The summed E-state index contributed by atoms with van der Waals surface area (Å²) in [4.78, 5) is 16.2. The first-order valence-electron chi connectivity index (χ1n) is 6.63. The highest BCUT2D eigenvalue weighted by Crippen LogP contribution is 2.38. The molecule has 1 aromatic rings. The lowest BCUT2D eigenvalue weighted by atomic mass is 10.1. The quantitative estimate of drug-likeness (QED) is 0.548. The highest BCUT2D eigenvalue weighted by atomic mass is 16.5. The lowest BCUT2D eigenvalue weighted by Crippen LogP contribution is -2.41. The van der Waals surface area contributed by atoms with Crippen molar-refractivity contribution in [2.45, 2.75) is 31.4 Å². The smallest absolute Gasteiger partial charge is 0.270 e. The predicted molar refractivity (Wildman–Crippen MR) is 70.4 cm³/mol. The van der Waals surface area contributed by atoms with Crippen LogP contribution in [0.5, 0.6) is 0 Å². The van der Waals surface area contributed by atoms with E-state index < -0.39 is 0 Å². The zero-order valence-corrected chi connectivity index (χ0v) is 10.6. The van der Waals surface area contributed by atoms with Gasteiger partial charge in [0.15, 0.2) is 0 Å². The molecule has 1 saturated carbocycles. The van der Waals surface area contributed by atoms with Gasteiger partial charge in [-0.3, -0.25) is 15.6 Å². The molecule has 0 bridgehead atoms. The van der Waals surface area contributed by atoms with Crippen LogP contribution in [0.25, 0.3) is 0 Å². The number of nitrogens with two attached hydrogens (primary N) is 1. The number of rotatable bonds is 4. The second kappa shape index (κ2) is 5.14. The van der Waals surface area contributed by atoms with E-state index in [1.807, 2.05) is 0 Å². The molecule has 2 atom stereocenters. The Balaban J connectivity index is 1.66. The molecule has 0 aromatic carbocycles. The van der Waals surface area contributed by atoms with E-state index in [2.05, 4.69) is 15.7 Å². The highest BCUT2D eigenvalue weighted by molar-refractivity contribution is 5.93. The van der Waals surface area contributed by atoms with Gasteiger partial charge in [0.1, 0.15) is 5.69 Å². The number of amides is 1. The number of nitrogens with one attached hydrogen (secondary N) is 2. The van der Waals surface area contributed by atoms with Crippen molar-refractivity contribution in [1.29, 1.82) is 0 Å². The van der Waals surface area contributed by atoms with Gasteiger partial charge in [0, 0.05) is 12.8 Å². The molecule has 6 nitrogen and oxygen atoms in total. The molecule has 2 heterocycles. The summed E-state index contributed by atoms with van der Waals surface area (Å²) in [5.41, 5.74) is 3.55. The summed E-state index contributed by atoms with van der Waals surface area (Å²) in [7, 11) is 0. The molecule has 1 aliphatic heterocycles. The number of ether oxygens (including phenoxy) is 1. The lowest BCUT2D eigenvalue weighted by molar-refractivity contribution is 0.0727. The molecule has 19 heavy (non-hydrogen) atoms. The Morgan fingerprint density at radius 3 is 3.00 bits per heavy atom. The summed E-state index contributed by atoms with van der Waals surface area (Å²) < 4.78 is 5.70. The van der Waals surface area contributed by atoms with Crippen molar-refractivity contribution >= 4 is 11.6 Å². The van der Waals surface area contributed by atoms with Gasteiger partial charge in [-0.1, -0.05) is 0 Å². The third kappa shape index (κ3) is 2.69. The number of hydrogen-bond donors (Lipinski definition) is 3. The van der Waals surface area contributed by atoms with Crippen molar-refractivity contribution in [1.82, 2.24) is 10.3 Å². The van der Waals surface area contributed by atoms with E-state index in [1.54, 1.807) is 18.3 Å². The Hall–Kier alpha value is -1.66. The zero-order chi connectivity index (χ0) is 13.2. The Labute approximate surface area is 111 Å². The second-order valence-electron chi connectivity index (χ2n) is 5.12. The molecule has 1 aliphatic carbocycles. The number of anilines is 1. The summed E-state index contributed by atoms with van der Waals surface area (Å²) in [6.07, 6.45) is 5.04. The standard InChI is InChI=1S/C13H18N4O2/c14-17-9-3-5-15-11(7-9)13(18)16-10-4-6-19-12(10)8-1-2-8/h3,5,7-8,10,12H,1-2,4,6,14H2,(H,15,17)(H,16,18). The minimum absolute atomic E-state index is 0.108. The number of carbonyl (C=O) groups excluding carboxylic acids is 1. The lowest BCUT2D eigenvalue weighted by Gasteiger charge is -2.19. The minimum Gasteiger partial charge on any atom is -0.376 e. The van der Waals surface area contributed by atoms with E-state index in [0.717, 1.165) is 13.0 Å². The van der Waals surface area contributed by atoms with Crippen LogP contribution in [0.3, 0.4) is 0 Å². The molecule has 2 fully saturated rings. The third-order valence-corrected chi connectivity index (χ3v) is 3.70. The molecule has 3 rings (SSSR count). The maximum absolute atomic E-state index is 12.2. The first-order valence-corrected chi connectivity index (χ1v) is 6.63. The van der Waals surface area contributed by atoms with E-state index in [1.165, 1.54) is 12.8 Å². The van der Waals surface area contributed by atoms with Crippen molar-refractivity contribution in [2.24, 2.45) is 11.8 Å². The molecular formula is C13H18N4O2. The molecule has 6 heteroatoms. The monoisotopic (exact) mass is 262 g/mol. The summed E-state index contributed by atoms with van der Waals surface area (Å²) in [6.45, 7) is 0.726. The molecular weight excluding hydrogens is 244 g/mol. The van der Waals surface area contributed by atoms with Crippen LogP contribution < -0.4 is 16.6 Å². The number of carbonyl (C=O) groups is 1. The van der Waals surface area contributed by atoms with Crippen molar-refractivity contribution in [2.75, 3.05) is 12.0 Å². The summed E-state index contributed by atoms with van der Waals surface area (Å²) in [5, 5.41) is 3.02. The van der Waals surface area contributed by atoms with Crippen LogP contribution in [0.4, 0.5) is 5.69 Å². The van der Waals surface area contributed by atoms with Crippen molar-refractivity contribution in [3.8, 4) is 0 Å². The Kier molecular flexibility index (Phi) is 3.35. The normalized spacial score (nSPS) is 26.2. The number of hydrazine groups is 1. The van der Waals surface area contributed by atoms with Crippen LogP contribution in [-0.2, 0) is 4.74 Å². The fourth-order valence-electron chi connectivity index (χ4n) is 2.54. The third-order valence-electron chi connectivity index (χ3n) is 3.70. The number of aromatic nitrogens is 1. The van der Waals surface area contributed by atoms with Crippen molar-refractivity contribution in [3.05, 3.63) is 24.0 Å². The molecule has 2 aliphatic rings. The van der Waals surface area contributed by atoms with Gasteiger partial charge in [-0.05, 0) is 37.3 Å². The molecule has 1 saturated heterocycles. The highest BCUT2D eigenvalue weighted by Gasteiger charge is 2.41. The molecule has 2 unspecified atom stereocenters. The van der Waals surface area contributed by atoms with Gasteiger partial charge in [0.05, 0.1) is 17.8 Å². The van der Waals surface area contributed by atoms with Crippen molar-refractivity contribution < 1.29 is 9.53 Å². The van der Waals surface area contributed by atoms with Crippen LogP contribution in [-0.4, -0.2) is 29.6 Å². The topological polar surface area (TPSA) is 89.3 Å². The first-order chi connectivity index (χ1) is 9.28. The van der Waals surface area contributed by atoms with Crippen LogP contribution in [0.1, 0.15) is 29.8 Å². The zero-order valence-electron chi connectivity index (χ0n) is 10.6. The van der Waals surface area contributed by atoms with Gasteiger partial charge in [0.2, 0.25) is 0 Å². The summed E-state index contributed by atoms with van der Waals surface area (Å²) in [6, 6.07) is 3.45. The fourth-order valence-corrected chi connectivity index (χ4v) is 2.54. The number of nitrogen functional groups attached to an aromatic ring is 1. The predicted octanol–water partition coefficient (Wildman–Crippen LogP) is 0.664. The Bertz CT molecular complexity index is 475. The molecule has 1 aromatic heterocycles. The average molecular weight is 262 g/mol. The van der Waals surface area contributed by atoms with Crippen LogP contribution in [0.15, 0.2) is 18.3 Å². The molecule has 102 valence electrons. The van der Waals surface area contributed by atoms with E-state index in [9.17, 15) is 4.79 Å². The van der Waals surface area contributed by atoms with E-state index in [-0.39, 0.29) is 18.1 Å². The Morgan fingerprint density at radius 1 is 1.42 bits per heavy atom. The Morgan fingerprint density at radius 2 is 2.26 bits per heavy atom. The average Bonchev–Trinajstić information content (AvgIpc) is 3.19. The molecule has 0 radical (unpaired) electrons. The molecule has 0 spiro atoms. The molecule has 1 amide bonds. The second-order valence-corrected chi connectivity index (χ2v) is 5.12. The number of hydrogen-bond acceptors (Lipinski definition) is 5.